The number of hydrogen-bond acceptors (Lipinski definition) is 8. The SMILES string of the molecule is N#CC1(NC(=O)O[C@H]2C[C@@H](S(=O)(=O)c3ccc(OCC(F)(F)F)cc3Cl)CN2C(=O)C2(c3ccncc3)CC2)CC1. The van der Waals surface area contributed by atoms with Gasteiger partial charge in [-0.3, -0.25) is 9.78 Å². The van der Waals surface area contributed by atoms with E-state index in [9.17, 15) is 36.4 Å². The maximum absolute atomic E-state index is 13.9. The van der Waals surface area contributed by atoms with E-state index in [0.717, 1.165) is 18.2 Å². The molecule has 218 valence electrons. The molecule has 3 fully saturated rings. The van der Waals surface area contributed by atoms with Gasteiger partial charge in [-0.15, -0.1) is 0 Å². The third-order valence-corrected chi connectivity index (χ3v) is 10.1. The molecular formula is C26H24ClF3N4O6S. The van der Waals surface area contributed by atoms with Crippen LogP contribution in [0.25, 0.3) is 0 Å². The zero-order chi connectivity index (χ0) is 29.6. The molecule has 2 aromatic rings. The predicted molar refractivity (Wildman–Crippen MR) is 136 cm³/mol. The van der Waals surface area contributed by atoms with Crippen LogP contribution in [0.5, 0.6) is 5.75 Å². The lowest BCUT2D eigenvalue weighted by Gasteiger charge is -2.29. The van der Waals surface area contributed by atoms with Crippen LogP contribution in [0.1, 0.15) is 37.7 Å². The molecule has 2 saturated carbocycles. The quantitative estimate of drug-likeness (QED) is 0.474. The molecule has 15 heteroatoms. The fourth-order valence-corrected chi connectivity index (χ4v) is 7.11. The molecule has 1 aliphatic heterocycles. The average Bonchev–Trinajstić information content (AvgIpc) is 3.84. The van der Waals surface area contributed by atoms with E-state index < -0.39 is 57.1 Å². The van der Waals surface area contributed by atoms with Crippen molar-refractivity contribution >= 4 is 33.4 Å². The number of halogens is 4. The Bertz CT molecular complexity index is 1510. The number of sulfone groups is 1. The summed E-state index contributed by atoms with van der Waals surface area (Å²) in [5, 5.41) is 10.2. The van der Waals surface area contributed by atoms with E-state index in [2.05, 4.69) is 15.0 Å². The zero-order valence-electron chi connectivity index (χ0n) is 21.4. The van der Waals surface area contributed by atoms with Crippen molar-refractivity contribution in [1.29, 1.82) is 5.26 Å². The van der Waals surface area contributed by atoms with Crippen LogP contribution >= 0.6 is 11.6 Å². The fraction of sp³-hybridized carbons (Fsp3) is 0.462. The van der Waals surface area contributed by atoms with Gasteiger partial charge in [0, 0.05) is 31.4 Å². The number of benzene rings is 1. The summed E-state index contributed by atoms with van der Waals surface area (Å²) in [6, 6.07) is 8.47. The molecule has 5 rings (SSSR count). The van der Waals surface area contributed by atoms with E-state index in [1.165, 1.54) is 4.90 Å². The van der Waals surface area contributed by atoms with E-state index >= 15 is 0 Å². The minimum atomic E-state index is -4.60. The molecular weight excluding hydrogens is 589 g/mol. The van der Waals surface area contributed by atoms with E-state index in [1.807, 2.05) is 6.07 Å². The smallest absolute Gasteiger partial charge is 0.422 e. The number of rotatable bonds is 8. The maximum atomic E-state index is 13.9. The molecule has 2 heterocycles. The van der Waals surface area contributed by atoms with E-state index in [0.29, 0.717) is 31.2 Å². The number of hydrogen-bond donors (Lipinski definition) is 1. The molecule has 41 heavy (non-hydrogen) atoms. The van der Waals surface area contributed by atoms with E-state index in [1.54, 1.807) is 24.5 Å². The third kappa shape index (κ3) is 5.92. The van der Waals surface area contributed by atoms with Crippen molar-refractivity contribution in [2.75, 3.05) is 13.2 Å². The Balaban J connectivity index is 1.39. The van der Waals surface area contributed by atoms with Gasteiger partial charge in [-0.05, 0) is 55.5 Å². The summed E-state index contributed by atoms with van der Waals surface area (Å²) in [6.45, 7) is -1.90. The standard InChI is InChI=1S/C26H24ClF3N4O6S/c27-19-11-17(39-15-26(28,29)30)1-2-20(19)41(37,38)18-12-21(40-23(36)33-24(14-31)5-6-24)34(13-18)22(35)25(7-8-25)16-3-9-32-10-4-16/h1-4,9-11,18,21H,5-8,12-13,15H2,(H,33,36)/t18-,21+/m1/s1. The molecule has 1 aromatic carbocycles. The number of likely N-dealkylation sites (tertiary alicyclic amines) is 1. The molecule has 0 spiro atoms. The second-order valence-electron chi connectivity index (χ2n) is 10.4. The molecule has 3 aliphatic rings. The number of alkyl carbamates (subject to hydrolysis) is 1. The molecule has 1 N–H and O–H groups in total. The second kappa shape index (κ2) is 10.4. The molecule has 2 atom stereocenters. The molecule has 0 radical (unpaired) electrons. The first kappa shape index (κ1) is 28.9. The minimum absolute atomic E-state index is 0.271. The maximum Gasteiger partial charge on any atom is 0.422 e. The van der Waals surface area contributed by atoms with Crippen LogP contribution in [-0.2, 0) is 24.8 Å². The van der Waals surface area contributed by atoms with Crippen molar-refractivity contribution in [3.63, 3.8) is 0 Å². The highest BCUT2D eigenvalue weighted by Crippen LogP contribution is 2.51. The number of ether oxygens (including phenoxy) is 2. The number of nitrogens with one attached hydrogen (secondary N) is 1. The number of aromatic nitrogens is 1. The Hall–Kier alpha value is -3.57. The van der Waals surface area contributed by atoms with Gasteiger partial charge >= 0.3 is 12.3 Å². The summed E-state index contributed by atoms with van der Waals surface area (Å²) < 4.78 is 75.0. The summed E-state index contributed by atoms with van der Waals surface area (Å²) in [4.78, 5) is 31.4. The average molecular weight is 613 g/mol. The molecule has 1 aromatic heterocycles. The van der Waals surface area contributed by atoms with Crippen molar-refractivity contribution in [2.24, 2.45) is 0 Å². The molecule has 2 amide bonds. The highest BCUT2D eigenvalue weighted by molar-refractivity contribution is 7.92. The second-order valence-corrected chi connectivity index (χ2v) is 13.0. The lowest BCUT2D eigenvalue weighted by molar-refractivity contribution is -0.153. The van der Waals surface area contributed by atoms with E-state index in [4.69, 9.17) is 16.3 Å². The fourth-order valence-electron chi connectivity index (χ4n) is 4.90. The van der Waals surface area contributed by atoms with Crippen LogP contribution in [0.15, 0.2) is 47.6 Å². The Labute approximate surface area is 238 Å². The van der Waals surface area contributed by atoms with Gasteiger partial charge in [0.05, 0.1) is 26.7 Å². The van der Waals surface area contributed by atoms with Gasteiger partial charge in [-0.2, -0.15) is 18.4 Å². The van der Waals surface area contributed by atoms with Gasteiger partial charge < -0.3 is 19.7 Å². The summed E-state index contributed by atoms with van der Waals surface area (Å²) in [7, 11) is -4.26. The van der Waals surface area contributed by atoms with Crippen LogP contribution in [0, 0.1) is 11.3 Å². The van der Waals surface area contributed by atoms with Gasteiger partial charge in [-0.25, -0.2) is 13.2 Å². The summed E-state index contributed by atoms with van der Waals surface area (Å²) in [6.07, 6.45) is -2.12. The Kier molecular flexibility index (Phi) is 7.31. The van der Waals surface area contributed by atoms with Gasteiger partial charge in [0.2, 0.25) is 5.91 Å². The highest BCUT2D eigenvalue weighted by atomic mass is 35.5. The molecule has 10 nitrogen and oxygen atoms in total. The van der Waals surface area contributed by atoms with Crippen LogP contribution in [0.4, 0.5) is 18.0 Å². The Morgan fingerprint density at radius 3 is 2.41 bits per heavy atom. The van der Waals surface area contributed by atoms with Crippen LogP contribution in [-0.4, -0.2) is 66.6 Å². The first-order chi connectivity index (χ1) is 19.3. The van der Waals surface area contributed by atoms with Crippen molar-refractivity contribution < 1.29 is 40.7 Å². The number of nitrogens with zero attached hydrogens (tertiary/aromatic N) is 3. The minimum Gasteiger partial charge on any atom is -0.484 e. The van der Waals surface area contributed by atoms with E-state index in [-0.39, 0.29) is 28.6 Å². The Morgan fingerprint density at radius 2 is 1.85 bits per heavy atom. The molecule has 1 saturated heterocycles. The lowest BCUT2D eigenvalue weighted by Crippen LogP contribution is -2.46. The monoisotopic (exact) mass is 612 g/mol. The molecule has 0 bridgehead atoms. The van der Waals surface area contributed by atoms with Gasteiger partial charge in [0.25, 0.3) is 0 Å². The normalized spacial score (nSPS) is 22.4. The van der Waals surface area contributed by atoms with Crippen molar-refractivity contribution in [3.05, 3.63) is 53.3 Å². The summed E-state index contributed by atoms with van der Waals surface area (Å²) >= 11 is 6.17. The number of nitriles is 1. The topological polar surface area (TPSA) is 139 Å². The van der Waals surface area contributed by atoms with Crippen LogP contribution in [0.3, 0.4) is 0 Å². The zero-order valence-corrected chi connectivity index (χ0v) is 22.9. The largest absolute Gasteiger partial charge is 0.484 e. The van der Waals surface area contributed by atoms with Crippen molar-refractivity contribution in [2.45, 2.75) is 65.6 Å². The van der Waals surface area contributed by atoms with Gasteiger partial charge in [0.15, 0.2) is 22.7 Å². The molecule has 2 aliphatic carbocycles. The molecule has 0 unspecified atom stereocenters. The van der Waals surface area contributed by atoms with Crippen molar-refractivity contribution in [1.82, 2.24) is 15.2 Å². The third-order valence-electron chi connectivity index (χ3n) is 7.47. The predicted octanol–water partition coefficient (Wildman–Crippen LogP) is 3.89. The lowest BCUT2D eigenvalue weighted by atomic mass is 9.95. The summed E-state index contributed by atoms with van der Waals surface area (Å²) in [5.41, 5.74) is -1.26. The first-order valence-corrected chi connectivity index (χ1v) is 14.6. The number of carbonyl (C=O) groups is 2. The highest BCUT2D eigenvalue weighted by Gasteiger charge is 2.57. The number of amides is 2. The van der Waals surface area contributed by atoms with Crippen LogP contribution in [0.2, 0.25) is 5.02 Å². The summed E-state index contributed by atoms with van der Waals surface area (Å²) in [5.74, 6) is -0.686. The number of alkyl halides is 3. The van der Waals surface area contributed by atoms with Crippen LogP contribution < -0.4 is 10.1 Å². The van der Waals surface area contributed by atoms with Gasteiger partial charge in [0.1, 0.15) is 11.3 Å². The number of carbonyl (C=O) groups excluding carboxylic acids is 2. The van der Waals surface area contributed by atoms with Gasteiger partial charge in [-0.1, -0.05) is 11.6 Å². The van der Waals surface area contributed by atoms with Crippen molar-refractivity contribution in [3.8, 4) is 11.8 Å². The Morgan fingerprint density at radius 1 is 1.17 bits per heavy atom. The first-order valence-electron chi connectivity index (χ1n) is 12.6. The number of pyridine rings is 1.